The van der Waals surface area contributed by atoms with Gasteiger partial charge in [0.25, 0.3) is 0 Å². The molecule has 0 aliphatic carbocycles. The normalized spacial score (nSPS) is 26.1. The van der Waals surface area contributed by atoms with Gasteiger partial charge in [0.2, 0.25) is 5.91 Å². The molecule has 0 radical (unpaired) electrons. The fourth-order valence-electron chi connectivity index (χ4n) is 1.73. The molecule has 0 bridgehead atoms. The summed E-state index contributed by atoms with van der Waals surface area (Å²) < 4.78 is 5.39. The average molecular weight is 214 g/mol. The Morgan fingerprint density at radius 3 is 2.87 bits per heavy atom. The number of hydrogen-bond acceptors (Lipinski definition) is 3. The number of carbonyl (C=O) groups excluding carboxylic acids is 1. The zero-order valence-electron chi connectivity index (χ0n) is 9.90. The van der Waals surface area contributed by atoms with Gasteiger partial charge in [0.05, 0.1) is 18.8 Å². The molecule has 88 valence electrons. The van der Waals surface area contributed by atoms with Gasteiger partial charge in [-0.05, 0) is 12.8 Å². The van der Waals surface area contributed by atoms with Gasteiger partial charge >= 0.3 is 0 Å². The van der Waals surface area contributed by atoms with Gasteiger partial charge in [-0.2, -0.15) is 0 Å². The third-order valence-electron chi connectivity index (χ3n) is 3.09. The molecular formula is C11H22N2O2. The van der Waals surface area contributed by atoms with Crippen LogP contribution in [-0.2, 0) is 9.53 Å². The number of amides is 1. The Morgan fingerprint density at radius 2 is 2.33 bits per heavy atom. The lowest BCUT2D eigenvalue weighted by Crippen LogP contribution is -2.52. The summed E-state index contributed by atoms with van der Waals surface area (Å²) in [4.78, 5) is 13.8. The Kier molecular flexibility index (Phi) is 4.54. The molecule has 15 heavy (non-hydrogen) atoms. The van der Waals surface area contributed by atoms with E-state index in [1.807, 2.05) is 18.7 Å². The van der Waals surface area contributed by atoms with Gasteiger partial charge in [0.15, 0.2) is 0 Å². The van der Waals surface area contributed by atoms with E-state index in [0.29, 0.717) is 19.7 Å². The third-order valence-corrected chi connectivity index (χ3v) is 3.09. The Bertz CT molecular complexity index is 221. The predicted octanol–water partition coefficient (Wildman–Crippen LogP) is 0.607. The van der Waals surface area contributed by atoms with Crippen LogP contribution < -0.4 is 5.73 Å². The average Bonchev–Trinajstić information content (AvgIpc) is 2.26. The van der Waals surface area contributed by atoms with Gasteiger partial charge in [0, 0.05) is 13.1 Å². The number of nitrogens with zero attached hydrogens (tertiary/aromatic N) is 1. The van der Waals surface area contributed by atoms with E-state index >= 15 is 0 Å². The molecule has 1 heterocycles. The monoisotopic (exact) mass is 214 g/mol. The molecule has 0 aromatic rings. The van der Waals surface area contributed by atoms with Crippen molar-refractivity contribution in [2.45, 2.75) is 39.3 Å². The van der Waals surface area contributed by atoms with Crippen LogP contribution in [0.15, 0.2) is 0 Å². The van der Waals surface area contributed by atoms with Crippen molar-refractivity contribution < 1.29 is 9.53 Å². The van der Waals surface area contributed by atoms with Crippen molar-refractivity contribution in [2.75, 3.05) is 19.7 Å². The SMILES string of the molecule is CCC(C)[C@H](N)C(=O)N1CCOC(C)C1. The lowest BCUT2D eigenvalue weighted by molar-refractivity contribution is -0.140. The van der Waals surface area contributed by atoms with E-state index in [4.69, 9.17) is 10.5 Å². The highest BCUT2D eigenvalue weighted by atomic mass is 16.5. The minimum atomic E-state index is -0.361. The highest BCUT2D eigenvalue weighted by Gasteiger charge is 2.27. The lowest BCUT2D eigenvalue weighted by Gasteiger charge is -2.34. The zero-order valence-corrected chi connectivity index (χ0v) is 9.90. The summed E-state index contributed by atoms with van der Waals surface area (Å²) >= 11 is 0. The summed E-state index contributed by atoms with van der Waals surface area (Å²) in [6.07, 6.45) is 1.07. The maximum Gasteiger partial charge on any atom is 0.239 e. The van der Waals surface area contributed by atoms with Gasteiger partial charge in [-0.15, -0.1) is 0 Å². The summed E-state index contributed by atoms with van der Waals surface area (Å²) in [6.45, 7) is 8.02. The first-order chi connectivity index (χ1) is 7.06. The van der Waals surface area contributed by atoms with E-state index < -0.39 is 0 Å². The van der Waals surface area contributed by atoms with Crippen LogP contribution in [0.5, 0.6) is 0 Å². The number of morpholine rings is 1. The smallest absolute Gasteiger partial charge is 0.239 e. The van der Waals surface area contributed by atoms with Crippen LogP contribution in [0, 0.1) is 5.92 Å². The Hall–Kier alpha value is -0.610. The minimum Gasteiger partial charge on any atom is -0.375 e. The maximum atomic E-state index is 12.0. The van der Waals surface area contributed by atoms with Crippen LogP contribution in [0.2, 0.25) is 0 Å². The molecule has 1 aliphatic heterocycles. The third kappa shape index (κ3) is 3.18. The molecule has 4 heteroatoms. The minimum absolute atomic E-state index is 0.0690. The van der Waals surface area contributed by atoms with Crippen LogP contribution in [0.3, 0.4) is 0 Å². The first kappa shape index (κ1) is 12.5. The summed E-state index contributed by atoms with van der Waals surface area (Å²) in [7, 11) is 0. The van der Waals surface area contributed by atoms with Crippen LogP contribution in [-0.4, -0.2) is 42.6 Å². The van der Waals surface area contributed by atoms with Crippen LogP contribution >= 0.6 is 0 Å². The summed E-state index contributed by atoms with van der Waals surface area (Å²) in [5, 5.41) is 0. The Morgan fingerprint density at radius 1 is 1.67 bits per heavy atom. The molecule has 1 amide bonds. The first-order valence-electron chi connectivity index (χ1n) is 5.72. The van der Waals surface area contributed by atoms with Gasteiger partial charge < -0.3 is 15.4 Å². The molecule has 1 fully saturated rings. The summed E-state index contributed by atoms with van der Waals surface area (Å²) in [5.74, 6) is 0.315. The van der Waals surface area contributed by atoms with Crippen molar-refractivity contribution in [3.63, 3.8) is 0 Å². The molecule has 1 rings (SSSR count). The standard InChI is InChI=1S/C11H22N2O2/c1-4-8(2)10(12)11(14)13-5-6-15-9(3)7-13/h8-10H,4-7,12H2,1-3H3/t8?,9?,10-/m0/s1. The van der Waals surface area contributed by atoms with E-state index in [0.717, 1.165) is 6.42 Å². The van der Waals surface area contributed by atoms with E-state index in [2.05, 4.69) is 6.92 Å². The van der Waals surface area contributed by atoms with Gasteiger partial charge in [0.1, 0.15) is 0 Å². The number of carbonyl (C=O) groups is 1. The van der Waals surface area contributed by atoms with Gasteiger partial charge in [-0.25, -0.2) is 0 Å². The van der Waals surface area contributed by atoms with Gasteiger partial charge in [-0.3, -0.25) is 4.79 Å². The molecule has 2 unspecified atom stereocenters. The number of rotatable bonds is 3. The van der Waals surface area contributed by atoms with Crippen molar-refractivity contribution in [1.82, 2.24) is 4.90 Å². The maximum absolute atomic E-state index is 12.0. The van der Waals surface area contributed by atoms with Crippen LogP contribution in [0.4, 0.5) is 0 Å². The first-order valence-corrected chi connectivity index (χ1v) is 5.72. The second kappa shape index (κ2) is 5.47. The molecule has 0 saturated carbocycles. The molecule has 0 aromatic heterocycles. The molecule has 1 saturated heterocycles. The Balaban J connectivity index is 2.51. The highest BCUT2D eigenvalue weighted by Crippen LogP contribution is 2.11. The second-order valence-corrected chi connectivity index (χ2v) is 4.38. The van der Waals surface area contributed by atoms with Crippen molar-refractivity contribution in [2.24, 2.45) is 11.7 Å². The van der Waals surface area contributed by atoms with Crippen LogP contribution in [0.1, 0.15) is 27.2 Å². The summed E-state index contributed by atoms with van der Waals surface area (Å²) in [5.41, 5.74) is 5.92. The predicted molar refractivity (Wildman–Crippen MR) is 59.4 cm³/mol. The van der Waals surface area contributed by atoms with E-state index in [-0.39, 0.29) is 24.0 Å². The molecule has 3 atom stereocenters. The number of hydrogen-bond donors (Lipinski definition) is 1. The summed E-state index contributed by atoms with van der Waals surface area (Å²) in [6, 6.07) is -0.361. The van der Waals surface area contributed by atoms with E-state index in [9.17, 15) is 4.79 Å². The molecule has 4 nitrogen and oxygen atoms in total. The van der Waals surface area contributed by atoms with Crippen molar-refractivity contribution in [3.05, 3.63) is 0 Å². The van der Waals surface area contributed by atoms with Crippen molar-refractivity contribution >= 4 is 5.91 Å². The second-order valence-electron chi connectivity index (χ2n) is 4.38. The molecule has 0 spiro atoms. The van der Waals surface area contributed by atoms with E-state index in [1.165, 1.54) is 0 Å². The number of nitrogens with two attached hydrogens (primary N) is 1. The van der Waals surface area contributed by atoms with Crippen molar-refractivity contribution in [3.8, 4) is 0 Å². The topological polar surface area (TPSA) is 55.6 Å². The Labute approximate surface area is 91.8 Å². The zero-order chi connectivity index (χ0) is 11.4. The number of ether oxygens (including phenoxy) is 1. The molecular weight excluding hydrogens is 192 g/mol. The quantitative estimate of drug-likeness (QED) is 0.749. The van der Waals surface area contributed by atoms with E-state index in [1.54, 1.807) is 0 Å². The lowest BCUT2D eigenvalue weighted by atomic mass is 9.98. The largest absolute Gasteiger partial charge is 0.375 e. The molecule has 0 aromatic carbocycles. The fraction of sp³-hybridized carbons (Fsp3) is 0.909. The molecule has 1 aliphatic rings. The van der Waals surface area contributed by atoms with Crippen molar-refractivity contribution in [1.29, 1.82) is 0 Å². The fourth-order valence-corrected chi connectivity index (χ4v) is 1.73. The highest BCUT2D eigenvalue weighted by molar-refractivity contribution is 5.82. The molecule has 2 N–H and O–H groups in total. The van der Waals surface area contributed by atoms with Gasteiger partial charge in [-0.1, -0.05) is 20.3 Å². The van der Waals surface area contributed by atoms with Crippen LogP contribution in [0.25, 0.3) is 0 Å².